The van der Waals surface area contributed by atoms with Crippen LogP contribution in [0.1, 0.15) is 20.8 Å². The molecule has 0 unspecified atom stereocenters. The Bertz CT molecular complexity index is 316. The maximum atomic E-state index is 5.91. The Hall–Kier alpha value is -1.38. The maximum absolute atomic E-state index is 5.91. The van der Waals surface area contributed by atoms with Gasteiger partial charge in [0.1, 0.15) is 5.75 Å². The second-order valence-corrected chi connectivity index (χ2v) is 4.30. The highest BCUT2D eigenvalue weighted by molar-refractivity contribution is 5.73. The van der Waals surface area contributed by atoms with Crippen molar-refractivity contribution >= 4 is 11.4 Å². The molecule has 0 aliphatic rings. The smallest absolute Gasteiger partial charge is 0.143 e. The summed E-state index contributed by atoms with van der Waals surface area (Å²) in [6.07, 6.45) is 0. The molecule has 0 aliphatic carbocycles. The van der Waals surface area contributed by atoms with Crippen molar-refractivity contribution in [2.45, 2.75) is 26.3 Å². The van der Waals surface area contributed by atoms with E-state index in [1.54, 1.807) is 7.11 Å². The Morgan fingerprint density at radius 3 is 2.43 bits per heavy atom. The predicted octanol–water partition coefficient (Wildman–Crippen LogP) is 2.49. The van der Waals surface area contributed by atoms with Crippen molar-refractivity contribution in [3.05, 3.63) is 18.2 Å². The summed E-state index contributed by atoms with van der Waals surface area (Å²) >= 11 is 0. The van der Waals surface area contributed by atoms with Crippen molar-refractivity contribution in [1.29, 1.82) is 0 Å². The molecule has 1 rings (SSSR count). The van der Waals surface area contributed by atoms with Crippen molar-refractivity contribution in [3.63, 3.8) is 0 Å². The fraction of sp³-hybridized carbons (Fsp3) is 0.455. The van der Waals surface area contributed by atoms with Crippen LogP contribution in [0.4, 0.5) is 11.4 Å². The Morgan fingerprint density at radius 2 is 1.93 bits per heavy atom. The Morgan fingerprint density at radius 1 is 1.29 bits per heavy atom. The molecule has 0 radical (unpaired) electrons. The van der Waals surface area contributed by atoms with Crippen LogP contribution in [0.3, 0.4) is 0 Å². The molecule has 0 aromatic heterocycles. The first-order valence-corrected chi connectivity index (χ1v) is 4.65. The number of methoxy groups -OCH3 is 1. The molecule has 0 atom stereocenters. The van der Waals surface area contributed by atoms with E-state index >= 15 is 0 Å². The Balaban J connectivity index is 2.98. The van der Waals surface area contributed by atoms with Crippen molar-refractivity contribution in [1.82, 2.24) is 0 Å². The third-order valence-corrected chi connectivity index (χ3v) is 1.80. The minimum Gasteiger partial charge on any atom is -0.495 e. The van der Waals surface area contributed by atoms with Gasteiger partial charge in [-0.3, -0.25) is 0 Å². The monoisotopic (exact) mass is 194 g/mol. The fourth-order valence-electron chi connectivity index (χ4n) is 1.24. The van der Waals surface area contributed by atoms with E-state index in [4.69, 9.17) is 10.5 Å². The van der Waals surface area contributed by atoms with Gasteiger partial charge in [-0.05, 0) is 32.9 Å². The highest BCUT2D eigenvalue weighted by atomic mass is 16.5. The Labute approximate surface area is 85.3 Å². The molecule has 0 fully saturated rings. The number of hydrogen-bond acceptors (Lipinski definition) is 3. The zero-order chi connectivity index (χ0) is 10.8. The first-order chi connectivity index (χ1) is 6.44. The number of nitrogen functional groups attached to an aromatic ring is 1. The Kier molecular flexibility index (Phi) is 2.89. The summed E-state index contributed by atoms with van der Waals surface area (Å²) < 4.78 is 5.14. The SMILES string of the molecule is COc1cccc(NC(C)(C)C)c1N. The molecule has 14 heavy (non-hydrogen) atoms. The van der Waals surface area contributed by atoms with E-state index in [9.17, 15) is 0 Å². The summed E-state index contributed by atoms with van der Waals surface area (Å²) in [4.78, 5) is 0. The van der Waals surface area contributed by atoms with E-state index in [0.29, 0.717) is 11.4 Å². The van der Waals surface area contributed by atoms with Crippen molar-refractivity contribution in [2.75, 3.05) is 18.2 Å². The fourth-order valence-corrected chi connectivity index (χ4v) is 1.24. The summed E-state index contributed by atoms with van der Waals surface area (Å²) in [5, 5.41) is 3.32. The molecule has 0 saturated carbocycles. The van der Waals surface area contributed by atoms with Gasteiger partial charge in [0.15, 0.2) is 0 Å². The highest BCUT2D eigenvalue weighted by Crippen LogP contribution is 2.30. The molecule has 0 amide bonds. The number of nitrogens with two attached hydrogens (primary N) is 1. The molecule has 1 aromatic carbocycles. The van der Waals surface area contributed by atoms with Crippen LogP contribution in [0.15, 0.2) is 18.2 Å². The lowest BCUT2D eigenvalue weighted by Gasteiger charge is -2.23. The first-order valence-electron chi connectivity index (χ1n) is 4.65. The van der Waals surface area contributed by atoms with Crippen molar-refractivity contribution in [3.8, 4) is 5.75 Å². The molecule has 0 bridgehead atoms. The third-order valence-electron chi connectivity index (χ3n) is 1.80. The highest BCUT2D eigenvalue weighted by Gasteiger charge is 2.12. The molecule has 0 saturated heterocycles. The van der Waals surface area contributed by atoms with Crippen LogP contribution in [-0.4, -0.2) is 12.6 Å². The number of rotatable bonds is 2. The first kappa shape index (κ1) is 10.7. The van der Waals surface area contributed by atoms with Crippen LogP contribution in [0.5, 0.6) is 5.75 Å². The van der Waals surface area contributed by atoms with Gasteiger partial charge in [0, 0.05) is 5.54 Å². The third kappa shape index (κ3) is 2.55. The van der Waals surface area contributed by atoms with Gasteiger partial charge in [-0.15, -0.1) is 0 Å². The normalized spacial score (nSPS) is 11.1. The van der Waals surface area contributed by atoms with Gasteiger partial charge in [-0.25, -0.2) is 0 Å². The number of hydrogen-bond donors (Lipinski definition) is 2. The van der Waals surface area contributed by atoms with Crippen LogP contribution >= 0.6 is 0 Å². The molecule has 0 aliphatic heterocycles. The number of anilines is 2. The molecular weight excluding hydrogens is 176 g/mol. The summed E-state index contributed by atoms with van der Waals surface area (Å²) in [7, 11) is 1.62. The second-order valence-electron chi connectivity index (χ2n) is 4.30. The van der Waals surface area contributed by atoms with Gasteiger partial charge in [0.05, 0.1) is 18.5 Å². The van der Waals surface area contributed by atoms with Crippen LogP contribution < -0.4 is 15.8 Å². The van der Waals surface area contributed by atoms with Gasteiger partial charge < -0.3 is 15.8 Å². The molecule has 1 aromatic rings. The lowest BCUT2D eigenvalue weighted by molar-refractivity contribution is 0.417. The van der Waals surface area contributed by atoms with Crippen LogP contribution in [0.25, 0.3) is 0 Å². The van der Waals surface area contributed by atoms with Gasteiger partial charge in [0.25, 0.3) is 0 Å². The van der Waals surface area contributed by atoms with Crippen LogP contribution in [0.2, 0.25) is 0 Å². The quantitative estimate of drug-likeness (QED) is 0.711. The maximum Gasteiger partial charge on any atom is 0.143 e. The molecule has 3 N–H and O–H groups in total. The topological polar surface area (TPSA) is 47.3 Å². The predicted molar refractivity (Wildman–Crippen MR) is 60.8 cm³/mol. The number of nitrogens with one attached hydrogen (secondary N) is 1. The van der Waals surface area contributed by atoms with E-state index < -0.39 is 0 Å². The molecule has 3 nitrogen and oxygen atoms in total. The van der Waals surface area contributed by atoms with E-state index in [0.717, 1.165) is 5.69 Å². The van der Waals surface area contributed by atoms with Crippen LogP contribution in [0, 0.1) is 0 Å². The summed E-state index contributed by atoms with van der Waals surface area (Å²) in [6.45, 7) is 6.27. The van der Waals surface area contributed by atoms with Gasteiger partial charge in [-0.2, -0.15) is 0 Å². The number of para-hydroxylation sites is 1. The summed E-state index contributed by atoms with van der Waals surface area (Å²) in [5.41, 5.74) is 7.49. The van der Waals surface area contributed by atoms with Gasteiger partial charge in [0.2, 0.25) is 0 Å². The van der Waals surface area contributed by atoms with E-state index in [1.165, 1.54) is 0 Å². The zero-order valence-electron chi connectivity index (χ0n) is 9.22. The second kappa shape index (κ2) is 3.78. The lowest BCUT2D eigenvalue weighted by Crippen LogP contribution is -2.26. The summed E-state index contributed by atoms with van der Waals surface area (Å²) in [5.74, 6) is 0.708. The van der Waals surface area contributed by atoms with Crippen LogP contribution in [-0.2, 0) is 0 Å². The molecule has 0 spiro atoms. The zero-order valence-corrected chi connectivity index (χ0v) is 9.22. The van der Waals surface area contributed by atoms with E-state index in [1.807, 2.05) is 18.2 Å². The molecule has 3 heteroatoms. The lowest BCUT2D eigenvalue weighted by atomic mass is 10.1. The van der Waals surface area contributed by atoms with Gasteiger partial charge >= 0.3 is 0 Å². The number of benzene rings is 1. The average molecular weight is 194 g/mol. The molecule has 78 valence electrons. The summed E-state index contributed by atoms with van der Waals surface area (Å²) in [6, 6.07) is 5.72. The molecule has 0 heterocycles. The van der Waals surface area contributed by atoms with Crippen molar-refractivity contribution in [2.24, 2.45) is 0 Å². The van der Waals surface area contributed by atoms with Gasteiger partial charge in [-0.1, -0.05) is 6.07 Å². The molecular formula is C11H18N2O. The van der Waals surface area contributed by atoms with E-state index in [-0.39, 0.29) is 5.54 Å². The average Bonchev–Trinajstić information content (AvgIpc) is 2.06. The standard InChI is InChI=1S/C11H18N2O/c1-11(2,3)13-8-6-5-7-9(14-4)10(8)12/h5-7,13H,12H2,1-4H3. The largest absolute Gasteiger partial charge is 0.495 e. The minimum atomic E-state index is 0.000481. The minimum absolute atomic E-state index is 0.000481. The van der Waals surface area contributed by atoms with Crippen molar-refractivity contribution < 1.29 is 4.74 Å². The van der Waals surface area contributed by atoms with E-state index in [2.05, 4.69) is 26.1 Å². The number of ether oxygens (including phenoxy) is 1.